The Morgan fingerprint density at radius 2 is 1.74 bits per heavy atom. The summed E-state index contributed by atoms with van der Waals surface area (Å²) in [5.74, 6) is 0.477. The summed E-state index contributed by atoms with van der Waals surface area (Å²) in [5.41, 5.74) is 1.47. The summed E-state index contributed by atoms with van der Waals surface area (Å²) in [6.45, 7) is 2.53. The van der Waals surface area contributed by atoms with Gasteiger partial charge in [0.15, 0.2) is 9.84 Å². The van der Waals surface area contributed by atoms with Crippen molar-refractivity contribution >= 4 is 15.7 Å². The van der Waals surface area contributed by atoms with E-state index in [4.69, 9.17) is 9.47 Å². The lowest BCUT2D eigenvalue weighted by molar-refractivity contribution is 0.0937. The highest BCUT2D eigenvalue weighted by Crippen LogP contribution is 2.31. The van der Waals surface area contributed by atoms with Gasteiger partial charge >= 0.3 is 0 Å². The third kappa shape index (κ3) is 5.84. The van der Waals surface area contributed by atoms with Gasteiger partial charge < -0.3 is 14.8 Å². The lowest BCUT2D eigenvalue weighted by atomic mass is 10.0. The first kappa shape index (κ1) is 23.2. The zero-order valence-corrected chi connectivity index (χ0v) is 18.9. The van der Waals surface area contributed by atoms with Gasteiger partial charge in [0.05, 0.1) is 30.4 Å². The molecule has 2 aromatic rings. The Morgan fingerprint density at radius 1 is 1.06 bits per heavy atom. The highest BCUT2D eigenvalue weighted by Gasteiger charge is 2.26. The molecule has 1 aliphatic rings. The Morgan fingerprint density at radius 3 is 2.39 bits per heavy atom. The Hall–Kier alpha value is -2.42. The summed E-state index contributed by atoms with van der Waals surface area (Å²) in [6, 6.07) is 13.9. The first-order valence-corrected chi connectivity index (χ1v) is 12.1. The largest absolute Gasteiger partial charge is 0.496 e. The molecule has 31 heavy (non-hydrogen) atoms. The molecule has 7 nitrogen and oxygen atoms in total. The summed E-state index contributed by atoms with van der Waals surface area (Å²) in [7, 11) is -0.308. The van der Waals surface area contributed by atoms with Gasteiger partial charge in [-0.05, 0) is 56.3 Å². The number of para-hydroxylation sites is 1. The minimum atomic E-state index is -3.42. The van der Waals surface area contributed by atoms with E-state index in [-0.39, 0.29) is 29.2 Å². The van der Waals surface area contributed by atoms with Crippen molar-refractivity contribution in [3.63, 3.8) is 0 Å². The molecule has 1 fully saturated rings. The van der Waals surface area contributed by atoms with E-state index in [0.29, 0.717) is 12.1 Å². The SMILES string of the molecule is COCCS(=O)(=O)c1ccc(C(=O)NCC(c2ccccc2OC)N2CCCC2)cc1. The third-order valence-electron chi connectivity index (χ3n) is 5.57. The summed E-state index contributed by atoms with van der Waals surface area (Å²) in [5, 5.41) is 3.01. The summed E-state index contributed by atoms with van der Waals surface area (Å²) in [6.07, 6.45) is 2.28. The predicted molar refractivity (Wildman–Crippen MR) is 119 cm³/mol. The van der Waals surface area contributed by atoms with Crippen LogP contribution in [0, 0.1) is 0 Å². The van der Waals surface area contributed by atoms with Crippen LogP contribution >= 0.6 is 0 Å². The molecule has 1 aliphatic heterocycles. The Kier molecular flexibility index (Phi) is 8.06. The molecule has 2 aromatic carbocycles. The minimum Gasteiger partial charge on any atom is -0.496 e. The van der Waals surface area contributed by atoms with E-state index in [1.54, 1.807) is 19.2 Å². The molecule has 1 amide bonds. The number of carbonyl (C=O) groups excluding carboxylic acids is 1. The highest BCUT2D eigenvalue weighted by molar-refractivity contribution is 7.91. The van der Waals surface area contributed by atoms with Crippen LogP contribution in [-0.4, -0.2) is 65.4 Å². The van der Waals surface area contributed by atoms with Gasteiger partial charge in [0, 0.05) is 24.8 Å². The number of sulfone groups is 1. The topological polar surface area (TPSA) is 84.9 Å². The molecule has 0 saturated carbocycles. The van der Waals surface area contributed by atoms with Gasteiger partial charge in [-0.25, -0.2) is 8.42 Å². The first-order valence-electron chi connectivity index (χ1n) is 10.4. The number of nitrogens with zero attached hydrogens (tertiary/aromatic N) is 1. The lowest BCUT2D eigenvalue weighted by Gasteiger charge is -2.29. The number of amides is 1. The van der Waals surface area contributed by atoms with Crippen LogP contribution in [-0.2, 0) is 14.6 Å². The maximum atomic E-state index is 12.8. The average Bonchev–Trinajstić information content (AvgIpc) is 3.33. The fourth-order valence-corrected chi connectivity index (χ4v) is 5.02. The fourth-order valence-electron chi connectivity index (χ4n) is 3.85. The summed E-state index contributed by atoms with van der Waals surface area (Å²) in [4.78, 5) is 15.3. The summed E-state index contributed by atoms with van der Waals surface area (Å²) >= 11 is 0. The van der Waals surface area contributed by atoms with E-state index in [9.17, 15) is 13.2 Å². The van der Waals surface area contributed by atoms with Crippen molar-refractivity contribution in [1.82, 2.24) is 10.2 Å². The number of hydrogen-bond acceptors (Lipinski definition) is 6. The first-order chi connectivity index (χ1) is 15.0. The molecule has 3 rings (SSSR count). The van der Waals surface area contributed by atoms with Crippen LogP contribution < -0.4 is 10.1 Å². The van der Waals surface area contributed by atoms with E-state index in [1.165, 1.54) is 19.2 Å². The molecule has 1 atom stereocenters. The van der Waals surface area contributed by atoms with Crippen LogP contribution in [0.3, 0.4) is 0 Å². The van der Waals surface area contributed by atoms with Crippen molar-refractivity contribution in [3.05, 3.63) is 59.7 Å². The molecule has 1 unspecified atom stereocenters. The molecule has 0 spiro atoms. The molecule has 8 heteroatoms. The zero-order valence-electron chi connectivity index (χ0n) is 18.0. The van der Waals surface area contributed by atoms with Crippen molar-refractivity contribution in [2.75, 3.05) is 46.2 Å². The number of rotatable bonds is 10. The zero-order chi connectivity index (χ0) is 22.3. The van der Waals surface area contributed by atoms with Gasteiger partial charge in [-0.3, -0.25) is 9.69 Å². The van der Waals surface area contributed by atoms with Crippen molar-refractivity contribution in [2.24, 2.45) is 0 Å². The summed E-state index contributed by atoms with van der Waals surface area (Å²) < 4.78 is 34.9. The van der Waals surface area contributed by atoms with Gasteiger partial charge in [0.2, 0.25) is 0 Å². The van der Waals surface area contributed by atoms with Crippen molar-refractivity contribution in [2.45, 2.75) is 23.8 Å². The Labute approximate surface area is 184 Å². The van der Waals surface area contributed by atoms with Crippen LogP contribution in [0.2, 0.25) is 0 Å². The number of methoxy groups -OCH3 is 2. The molecule has 0 aromatic heterocycles. The second-order valence-corrected chi connectivity index (χ2v) is 9.66. The van der Waals surface area contributed by atoms with E-state index in [1.807, 2.05) is 24.3 Å². The second kappa shape index (κ2) is 10.7. The third-order valence-corrected chi connectivity index (χ3v) is 7.26. The van der Waals surface area contributed by atoms with Crippen LogP contribution in [0.4, 0.5) is 0 Å². The average molecular weight is 447 g/mol. The number of carbonyl (C=O) groups is 1. The predicted octanol–water partition coefficient (Wildman–Crippen LogP) is 2.68. The maximum Gasteiger partial charge on any atom is 0.251 e. The number of benzene rings is 2. The number of nitrogens with one attached hydrogen (secondary N) is 1. The molecule has 1 saturated heterocycles. The number of likely N-dealkylation sites (tertiary alicyclic amines) is 1. The standard InChI is InChI=1S/C23H30N2O5S/c1-29-15-16-31(27,28)19-11-9-18(10-12-19)23(26)24-17-21(25-13-5-6-14-25)20-7-3-4-8-22(20)30-2/h3-4,7-12,21H,5-6,13-17H2,1-2H3,(H,24,26). The molecule has 0 aliphatic carbocycles. The van der Waals surface area contributed by atoms with E-state index in [0.717, 1.165) is 37.2 Å². The number of ether oxygens (including phenoxy) is 2. The maximum absolute atomic E-state index is 12.8. The van der Waals surface area contributed by atoms with Crippen LogP contribution in [0.5, 0.6) is 5.75 Å². The van der Waals surface area contributed by atoms with Gasteiger partial charge in [-0.2, -0.15) is 0 Å². The van der Waals surface area contributed by atoms with Gasteiger partial charge in [0.1, 0.15) is 5.75 Å². The minimum absolute atomic E-state index is 0.0105. The van der Waals surface area contributed by atoms with Crippen LogP contribution in [0.1, 0.15) is 34.8 Å². The van der Waals surface area contributed by atoms with Gasteiger partial charge in [-0.1, -0.05) is 18.2 Å². The molecular formula is C23H30N2O5S. The normalized spacial score (nSPS) is 15.5. The monoisotopic (exact) mass is 446 g/mol. The lowest BCUT2D eigenvalue weighted by Crippen LogP contribution is -2.37. The Balaban J connectivity index is 1.71. The van der Waals surface area contributed by atoms with Crippen LogP contribution in [0.15, 0.2) is 53.4 Å². The molecule has 168 valence electrons. The molecule has 0 bridgehead atoms. The van der Waals surface area contributed by atoms with E-state index in [2.05, 4.69) is 10.2 Å². The van der Waals surface area contributed by atoms with E-state index < -0.39 is 9.84 Å². The quantitative estimate of drug-likeness (QED) is 0.604. The Bertz CT molecular complexity index is 970. The second-order valence-electron chi connectivity index (χ2n) is 7.55. The van der Waals surface area contributed by atoms with Crippen molar-refractivity contribution in [1.29, 1.82) is 0 Å². The number of hydrogen-bond donors (Lipinski definition) is 1. The molecule has 1 N–H and O–H groups in total. The van der Waals surface area contributed by atoms with Crippen molar-refractivity contribution in [3.8, 4) is 5.75 Å². The molecular weight excluding hydrogens is 416 g/mol. The van der Waals surface area contributed by atoms with Crippen molar-refractivity contribution < 1.29 is 22.7 Å². The smallest absolute Gasteiger partial charge is 0.251 e. The van der Waals surface area contributed by atoms with Gasteiger partial charge in [-0.15, -0.1) is 0 Å². The van der Waals surface area contributed by atoms with Gasteiger partial charge in [0.25, 0.3) is 5.91 Å². The van der Waals surface area contributed by atoms with Crippen LogP contribution in [0.25, 0.3) is 0 Å². The molecule has 0 radical (unpaired) electrons. The van der Waals surface area contributed by atoms with E-state index >= 15 is 0 Å². The fraction of sp³-hybridized carbons (Fsp3) is 0.435. The highest BCUT2D eigenvalue weighted by atomic mass is 32.2. The molecule has 1 heterocycles.